The van der Waals surface area contributed by atoms with E-state index in [9.17, 15) is 0 Å². The predicted molar refractivity (Wildman–Crippen MR) is 85.9 cm³/mol. The summed E-state index contributed by atoms with van der Waals surface area (Å²) in [5.41, 5.74) is 9.50. The van der Waals surface area contributed by atoms with Crippen molar-refractivity contribution in [3.63, 3.8) is 0 Å². The van der Waals surface area contributed by atoms with Gasteiger partial charge in [0.1, 0.15) is 0 Å². The highest BCUT2D eigenvalue weighted by Gasteiger charge is 2.16. The molecule has 108 valence electrons. The van der Waals surface area contributed by atoms with Crippen molar-refractivity contribution in [3.05, 3.63) is 30.0 Å². The lowest BCUT2D eigenvalue weighted by Gasteiger charge is -2.27. The number of rotatable bonds is 3. The normalized spacial score (nSPS) is 17.1. The van der Waals surface area contributed by atoms with Crippen molar-refractivity contribution < 1.29 is 0 Å². The van der Waals surface area contributed by atoms with E-state index in [0.717, 1.165) is 12.2 Å². The smallest absolute Gasteiger partial charge is 0.0486 e. The van der Waals surface area contributed by atoms with Crippen LogP contribution in [0, 0.1) is 0 Å². The quantitative estimate of drug-likeness (QED) is 0.862. The van der Waals surface area contributed by atoms with Crippen molar-refractivity contribution >= 4 is 16.6 Å². The molecule has 3 rings (SSSR count). The zero-order valence-corrected chi connectivity index (χ0v) is 12.6. The molecule has 1 saturated heterocycles. The molecule has 1 aromatic heterocycles. The zero-order chi connectivity index (χ0) is 14.1. The molecule has 2 aromatic rings. The van der Waals surface area contributed by atoms with E-state index in [-0.39, 0.29) is 0 Å². The van der Waals surface area contributed by atoms with Gasteiger partial charge in [-0.1, -0.05) is 6.42 Å². The molecule has 0 saturated carbocycles. The Labute approximate surface area is 121 Å². The third kappa shape index (κ3) is 2.55. The summed E-state index contributed by atoms with van der Waals surface area (Å²) < 4.78 is 2.46. The Bertz CT molecular complexity index is 592. The fourth-order valence-corrected chi connectivity index (χ4v) is 3.39. The van der Waals surface area contributed by atoms with Crippen molar-refractivity contribution in [2.24, 2.45) is 0 Å². The molecule has 0 bridgehead atoms. The first kappa shape index (κ1) is 13.5. The van der Waals surface area contributed by atoms with Crippen molar-refractivity contribution in [2.45, 2.75) is 45.7 Å². The number of aromatic nitrogens is 1. The molecule has 0 radical (unpaired) electrons. The predicted octanol–water partition coefficient (Wildman–Crippen LogP) is 3.79. The van der Waals surface area contributed by atoms with Gasteiger partial charge in [-0.15, -0.1) is 0 Å². The fraction of sp³-hybridized carbons (Fsp3) is 0.529. The van der Waals surface area contributed by atoms with Crippen LogP contribution in [0.2, 0.25) is 0 Å². The highest BCUT2D eigenvalue weighted by atomic mass is 15.2. The van der Waals surface area contributed by atoms with Crippen molar-refractivity contribution in [1.29, 1.82) is 0 Å². The van der Waals surface area contributed by atoms with E-state index in [1.807, 2.05) is 6.07 Å². The second-order valence-corrected chi connectivity index (χ2v) is 6.25. The second kappa shape index (κ2) is 5.49. The average Bonchev–Trinajstić information content (AvgIpc) is 2.76. The zero-order valence-electron chi connectivity index (χ0n) is 12.6. The number of anilines is 1. The van der Waals surface area contributed by atoms with Crippen LogP contribution in [0.25, 0.3) is 10.9 Å². The molecular weight excluding hydrogens is 246 g/mol. The van der Waals surface area contributed by atoms with Gasteiger partial charge in [0, 0.05) is 34.9 Å². The van der Waals surface area contributed by atoms with Gasteiger partial charge in [0.25, 0.3) is 0 Å². The summed E-state index contributed by atoms with van der Waals surface area (Å²) in [6.07, 6.45) is 4.07. The number of nitrogens with zero attached hydrogens (tertiary/aromatic N) is 2. The van der Waals surface area contributed by atoms with Gasteiger partial charge in [-0.25, -0.2) is 0 Å². The maximum atomic E-state index is 5.92. The third-order valence-corrected chi connectivity index (χ3v) is 4.29. The van der Waals surface area contributed by atoms with E-state index in [1.165, 1.54) is 48.9 Å². The van der Waals surface area contributed by atoms with E-state index >= 15 is 0 Å². The highest BCUT2D eigenvalue weighted by molar-refractivity contribution is 5.84. The van der Waals surface area contributed by atoms with E-state index < -0.39 is 0 Å². The number of benzene rings is 1. The van der Waals surface area contributed by atoms with Crippen LogP contribution >= 0.6 is 0 Å². The van der Waals surface area contributed by atoms with E-state index in [2.05, 4.69) is 41.5 Å². The molecule has 1 fully saturated rings. The van der Waals surface area contributed by atoms with Crippen LogP contribution in [0.3, 0.4) is 0 Å². The first-order valence-electron chi connectivity index (χ1n) is 7.77. The minimum Gasteiger partial charge on any atom is -0.399 e. The standard InChI is InChI=1S/C17H25N3/c1-13(2)20-16(12-19-8-4-3-5-9-19)11-14-10-15(18)6-7-17(14)20/h6-7,10-11,13H,3-5,8-9,12,18H2,1-2H3. The SMILES string of the molecule is CC(C)n1c(CN2CCCCC2)cc2cc(N)ccc21. The van der Waals surface area contributed by atoms with Gasteiger partial charge in [-0.2, -0.15) is 0 Å². The largest absolute Gasteiger partial charge is 0.399 e. The number of nitrogens with two attached hydrogens (primary N) is 1. The summed E-state index contributed by atoms with van der Waals surface area (Å²) in [7, 11) is 0. The Balaban J connectivity index is 1.97. The Morgan fingerprint density at radius 1 is 1.10 bits per heavy atom. The summed E-state index contributed by atoms with van der Waals surface area (Å²) in [6.45, 7) is 8.06. The summed E-state index contributed by atoms with van der Waals surface area (Å²) >= 11 is 0. The Kier molecular flexibility index (Phi) is 3.70. The van der Waals surface area contributed by atoms with Crippen molar-refractivity contribution in [3.8, 4) is 0 Å². The molecule has 2 heterocycles. The minimum absolute atomic E-state index is 0.482. The molecule has 20 heavy (non-hydrogen) atoms. The van der Waals surface area contributed by atoms with Crippen LogP contribution in [0.1, 0.15) is 44.8 Å². The number of piperidine rings is 1. The molecule has 0 amide bonds. The molecule has 0 aliphatic carbocycles. The van der Waals surface area contributed by atoms with Gasteiger partial charge >= 0.3 is 0 Å². The molecule has 0 unspecified atom stereocenters. The van der Waals surface area contributed by atoms with Gasteiger partial charge in [0.15, 0.2) is 0 Å². The van der Waals surface area contributed by atoms with Crippen LogP contribution in [-0.4, -0.2) is 22.6 Å². The molecule has 0 atom stereocenters. The number of hydrogen-bond acceptors (Lipinski definition) is 2. The molecule has 2 N–H and O–H groups in total. The Morgan fingerprint density at radius 3 is 2.55 bits per heavy atom. The summed E-state index contributed by atoms with van der Waals surface area (Å²) in [5, 5.41) is 1.27. The number of likely N-dealkylation sites (tertiary alicyclic amines) is 1. The maximum Gasteiger partial charge on any atom is 0.0486 e. The molecule has 0 spiro atoms. The summed E-state index contributed by atoms with van der Waals surface area (Å²) in [6, 6.07) is 9.06. The molecule has 1 aliphatic rings. The first-order valence-corrected chi connectivity index (χ1v) is 7.77. The number of nitrogen functional groups attached to an aromatic ring is 1. The van der Waals surface area contributed by atoms with Crippen LogP contribution in [0.15, 0.2) is 24.3 Å². The van der Waals surface area contributed by atoms with Crippen LogP contribution in [-0.2, 0) is 6.54 Å². The summed E-state index contributed by atoms with van der Waals surface area (Å²) in [4.78, 5) is 2.58. The molecule has 3 heteroatoms. The van der Waals surface area contributed by atoms with E-state index in [4.69, 9.17) is 5.73 Å². The lowest BCUT2D eigenvalue weighted by Crippen LogP contribution is -2.30. The van der Waals surface area contributed by atoms with Crippen molar-refractivity contribution in [2.75, 3.05) is 18.8 Å². The van der Waals surface area contributed by atoms with Gasteiger partial charge < -0.3 is 10.3 Å². The Morgan fingerprint density at radius 2 is 1.85 bits per heavy atom. The lowest BCUT2D eigenvalue weighted by atomic mass is 10.1. The number of hydrogen-bond donors (Lipinski definition) is 1. The van der Waals surface area contributed by atoms with E-state index in [1.54, 1.807) is 0 Å². The fourth-order valence-electron chi connectivity index (χ4n) is 3.39. The summed E-state index contributed by atoms with van der Waals surface area (Å²) in [5.74, 6) is 0. The van der Waals surface area contributed by atoms with Gasteiger partial charge in [0.05, 0.1) is 0 Å². The van der Waals surface area contributed by atoms with E-state index in [0.29, 0.717) is 6.04 Å². The first-order chi connectivity index (χ1) is 9.65. The number of fused-ring (bicyclic) bond motifs is 1. The third-order valence-electron chi connectivity index (χ3n) is 4.29. The van der Waals surface area contributed by atoms with Crippen molar-refractivity contribution in [1.82, 2.24) is 9.47 Å². The lowest BCUT2D eigenvalue weighted by molar-refractivity contribution is 0.215. The topological polar surface area (TPSA) is 34.2 Å². The van der Waals surface area contributed by atoms with Gasteiger partial charge in [-0.3, -0.25) is 4.90 Å². The molecule has 1 aliphatic heterocycles. The minimum atomic E-state index is 0.482. The average molecular weight is 271 g/mol. The monoisotopic (exact) mass is 271 g/mol. The molecule has 3 nitrogen and oxygen atoms in total. The second-order valence-electron chi connectivity index (χ2n) is 6.25. The van der Waals surface area contributed by atoms with Gasteiger partial charge in [-0.05, 0) is 64.0 Å². The molecule has 1 aromatic carbocycles. The van der Waals surface area contributed by atoms with Crippen LogP contribution < -0.4 is 5.73 Å². The highest BCUT2D eigenvalue weighted by Crippen LogP contribution is 2.27. The van der Waals surface area contributed by atoms with Gasteiger partial charge in [0.2, 0.25) is 0 Å². The van der Waals surface area contributed by atoms with Crippen LogP contribution in [0.5, 0.6) is 0 Å². The van der Waals surface area contributed by atoms with Crippen LogP contribution in [0.4, 0.5) is 5.69 Å². The Hall–Kier alpha value is -1.48. The molecular formula is C17H25N3. The maximum absolute atomic E-state index is 5.92.